The maximum atomic E-state index is 6.02. The Morgan fingerprint density at radius 2 is 2.21 bits per heavy atom. The van der Waals surface area contributed by atoms with Crippen LogP contribution in [0.25, 0.3) is 0 Å². The molecule has 0 saturated heterocycles. The van der Waals surface area contributed by atoms with Crippen molar-refractivity contribution in [2.75, 3.05) is 6.61 Å². The minimum atomic E-state index is 0.718. The molecular weight excluding hydrogens is 196 g/mol. The molecule has 14 heavy (non-hydrogen) atoms. The summed E-state index contributed by atoms with van der Waals surface area (Å²) in [5.41, 5.74) is 1.19. The predicted octanol–water partition coefficient (Wildman–Crippen LogP) is 3.83. The summed E-state index contributed by atoms with van der Waals surface area (Å²) in [5.74, 6) is 1.59. The van der Waals surface area contributed by atoms with Gasteiger partial charge in [-0.2, -0.15) is 0 Å². The molecule has 0 spiro atoms. The van der Waals surface area contributed by atoms with Crippen LogP contribution in [-0.2, 0) is 0 Å². The number of aryl methyl sites for hydroxylation is 1. The van der Waals surface area contributed by atoms with Crippen LogP contribution >= 0.6 is 11.6 Å². The highest BCUT2D eigenvalue weighted by Gasteiger charge is 2.18. The van der Waals surface area contributed by atoms with Crippen LogP contribution in [0.5, 0.6) is 5.75 Å². The fourth-order valence-electron chi connectivity index (χ4n) is 1.59. The molecule has 76 valence electrons. The van der Waals surface area contributed by atoms with Crippen molar-refractivity contribution in [3.8, 4) is 5.75 Å². The summed E-state index contributed by atoms with van der Waals surface area (Å²) in [4.78, 5) is 0. The SMILES string of the molecule is Cc1ccc(Cl)c(OCC2CCC2)c1. The van der Waals surface area contributed by atoms with Crippen LogP contribution in [0, 0.1) is 12.8 Å². The standard InChI is InChI=1S/C12H15ClO/c1-9-5-6-11(13)12(7-9)14-8-10-3-2-4-10/h5-7,10H,2-4,8H2,1H3. The summed E-state index contributed by atoms with van der Waals surface area (Å²) in [7, 11) is 0. The van der Waals surface area contributed by atoms with Gasteiger partial charge < -0.3 is 4.74 Å². The van der Waals surface area contributed by atoms with E-state index in [4.69, 9.17) is 16.3 Å². The number of benzene rings is 1. The van der Waals surface area contributed by atoms with Crippen LogP contribution in [0.4, 0.5) is 0 Å². The fourth-order valence-corrected chi connectivity index (χ4v) is 1.76. The molecule has 1 aliphatic carbocycles. The van der Waals surface area contributed by atoms with Gasteiger partial charge >= 0.3 is 0 Å². The maximum Gasteiger partial charge on any atom is 0.138 e. The van der Waals surface area contributed by atoms with E-state index in [9.17, 15) is 0 Å². The van der Waals surface area contributed by atoms with Crippen LogP contribution in [0.3, 0.4) is 0 Å². The second-order valence-electron chi connectivity index (χ2n) is 4.04. The van der Waals surface area contributed by atoms with E-state index in [2.05, 4.69) is 0 Å². The zero-order valence-electron chi connectivity index (χ0n) is 8.42. The summed E-state index contributed by atoms with van der Waals surface area (Å²) in [5, 5.41) is 0.718. The normalized spacial score (nSPS) is 16.4. The van der Waals surface area contributed by atoms with Crippen LogP contribution < -0.4 is 4.74 Å². The molecule has 0 radical (unpaired) electrons. The summed E-state index contributed by atoms with van der Waals surface area (Å²) in [6.45, 7) is 2.87. The molecule has 1 nitrogen and oxygen atoms in total. The third kappa shape index (κ3) is 2.21. The van der Waals surface area contributed by atoms with Crippen molar-refractivity contribution < 1.29 is 4.74 Å². The lowest BCUT2D eigenvalue weighted by Crippen LogP contribution is -2.19. The number of ether oxygens (including phenoxy) is 1. The average Bonchev–Trinajstić information content (AvgIpc) is 2.08. The highest BCUT2D eigenvalue weighted by molar-refractivity contribution is 6.32. The smallest absolute Gasteiger partial charge is 0.138 e. The van der Waals surface area contributed by atoms with Gasteiger partial charge in [-0.1, -0.05) is 24.1 Å². The molecule has 0 heterocycles. The molecule has 0 amide bonds. The number of rotatable bonds is 3. The monoisotopic (exact) mass is 210 g/mol. The van der Waals surface area contributed by atoms with Crippen molar-refractivity contribution >= 4 is 11.6 Å². The van der Waals surface area contributed by atoms with Gasteiger partial charge in [0.25, 0.3) is 0 Å². The first-order valence-corrected chi connectivity index (χ1v) is 5.52. The Labute approximate surface area is 90.0 Å². The van der Waals surface area contributed by atoms with Gasteiger partial charge in [-0.3, -0.25) is 0 Å². The molecule has 2 rings (SSSR count). The topological polar surface area (TPSA) is 9.23 Å². The van der Waals surface area contributed by atoms with Gasteiger partial charge in [0.1, 0.15) is 5.75 Å². The van der Waals surface area contributed by atoms with Crippen molar-refractivity contribution in [2.24, 2.45) is 5.92 Å². The minimum Gasteiger partial charge on any atom is -0.492 e. The van der Waals surface area contributed by atoms with Gasteiger partial charge in [0.2, 0.25) is 0 Å². The molecule has 0 aromatic heterocycles. The zero-order chi connectivity index (χ0) is 9.97. The van der Waals surface area contributed by atoms with Crippen molar-refractivity contribution in [3.63, 3.8) is 0 Å². The van der Waals surface area contributed by atoms with E-state index in [-0.39, 0.29) is 0 Å². The molecule has 1 saturated carbocycles. The van der Waals surface area contributed by atoms with Crippen molar-refractivity contribution in [2.45, 2.75) is 26.2 Å². The first kappa shape index (κ1) is 9.85. The van der Waals surface area contributed by atoms with E-state index in [1.165, 1.54) is 24.8 Å². The molecule has 0 bridgehead atoms. The van der Waals surface area contributed by atoms with Crippen LogP contribution in [0.2, 0.25) is 5.02 Å². The third-order valence-electron chi connectivity index (χ3n) is 2.79. The molecule has 0 atom stereocenters. The third-order valence-corrected chi connectivity index (χ3v) is 3.10. The highest BCUT2D eigenvalue weighted by Crippen LogP contribution is 2.30. The summed E-state index contributed by atoms with van der Waals surface area (Å²) < 4.78 is 5.69. The first-order chi connectivity index (χ1) is 6.75. The lowest BCUT2D eigenvalue weighted by molar-refractivity contribution is 0.180. The van der Waals surface area contributed by atoms with Crippen molar-refractivity contribution in [3.05, 3.63) is 28.8 Å². The Balaban J connectivity index is 1.96. The average molecular weight is 211 g/mol. The van der Waals surface area contributed by atoms with Crippen LogP contribution in [0.15, 0.2) is 18.2 Å². The van der Waals surface area contributed by atoms with Gasteiger partial charge in [0, 0.05) is 0 Å². The molecule has 0 N–H and O–H groups in total. The van der Waals surface area contributed by atoms with E-state index >= 15 is 0 Å². The van der Waals surface area contributed by atoms with Gasteiger partial charge in [0.05, 0.1) is 11.6 Å². The second kappa shape index (κ2) is 4.22. The molecular formula is C12H15ClO. The van der Waals surface area contributed by atoms with Crippen LogP contribution in [-0.4, -0.2) is 6.61 Å². The quantitative estimate of drug-likeness (QED) is 0.737. The Bertz CT molecular complexity index is 318. The first-order valence-electron chi connectivity index (χ1n) is 5.14. The molecule has 1 aliphatic rings. The Morgan fingerprint density at radius 3 is 2.86 bits per heavy atom. The van der Waals surface area contributed by atoms with E-state index in [1.807, 2.05) is 25.1 Å². The van der Waals surface area contributed by atoms with E-state index in [0.717, 1.165) is 23.3 Å². The number of hydrogen-bond acceptors (Lipinski definition) is 1. The van der Waals surface area contributed by atoms with E-state index in [1.54, 1.807) is 0 Å². The zero-order valence-corrected chi connectivity index (χ0v) is 9.18. The van der Waals surface area contributed by atoms with Gasteiger partial charge in [-0.25, -0.2) is 0 Å². The fraction of sp³-hybridized carbons (Fsp3) is 0.500. The van der Waals surface area contributed by atoms with E-state index in [0.29, 0.717) is 0 Å². The minimum absolute atomic E-state index is 0.718. The summed E-state index contributed by atoms with van der Waals surface area (Å²) in [6, 6.07) is 5.90. The Kier molecular flexibility index (Phi) is 2.97. The number of hydrogen-bond donors (Lipinski definition) is 0. The lowest BCUT2D eigenvalue weighted by Gasteiger charge is -2.25. The van der Waals surface area contributed by atoms with Crippen molar-refractivity contribution in [1.29, 1.82) is 0 Å². The molecule has 0 aliphatic heterocycles. The Hall–Kier alpha value is -0.690. The van der Waals surface area contributed by atoms with Gasteiger partial charge in [-0.15, -0.1) is 0 Å². The largest absolute Gasteiger partial charge is 0.492 e. The molecule has 1 aromatic carbocycles. The lowest BCUT2D eigenvalue weighted by atomic mass is 9.86. The molecule has 1 fully saturated rings. The Morgan fingerprint density at radius 1 is 1.43 bits per heavy atom. The molecule has 0 unspecified atom stereocenters. The second-order valence-corrected chi connectivity index (χ2v) is 4.45. The summed E-state index contributed by atoms with van der Waals surface area (Å²) in [6.07, 6.45) is 3.97. The van der Waals surface area contributed by atoms with Crippen LogP contribution in [0.1, 0.15) is 24.8 Å². The van der Waals surface area contributed by atoms with Gasteiger partial charge in [-0.05, 0) is 43.4 Å². The van der Waals surface area contributed by atoms with E-state index < -0.39 is 0 Å². The molecule has 1 aromatic rings. The predicted molar refractivity (Wildman–Crippen MR) is 59.0 cm³/mol. The van der Waals surface area contributed by atoms with Gasteiger partial charge in [0.15, 0.2) is 0 Å². The molecule has 2 heteroatoms. The summed E-state index contributed by atoms with van der Waals surface area (Å²) >= 11 is 6.02. The maximum absolute atomic E-state index is 6.02. The number of halogens is 1. The van der Waals surface area contributed by atoms with Crippen molar-refractivity contribution in [1.82, 2.24) is 0 Å². The highest BCUT2D eigenvalue weighted by atomic mass is 35.5.